The topological polar surface area (TPSA) is 29.1 Å². The van der Waals surface area contributed by atoms with Gasteiger partial charge in [0.25, 0.3) is 5.91 Å². The second-order valence-electron chi connectivity index (χ2n) is 5.92. The molecule has 0 radical (unpaired) electrons. The van der Waals surface area contributed by atoms with Gasteiger partial charge in [0, 0.05) is 16.0 Å². The van der Waals surface area contributed by atoms with Crippen molar-refractivity contribution in [1.29, 1.82) is 0 Å². The lowest BCUT2D eigenvalue weighted by Crippen LogP contribution is -2.12. The van der Waals surface area contributed by atoms with E-state index in [2.05, 4.69) is 29.6 Å². The molecule has 1 N–H and O–H groups in total. The van der Waals surface area contributed by atoms with E-state index in [9.17, 15) is 4.79 Å². The first-order valence-electron chi connectivity index (χ1n) is 8.18. The molecule has 122 valence electrons. The van der Waals surface area contributed by atoms with Crippen LogP contribution in [0, 0.1) is 6.92 Å². The molecule has 0 saturated carbocycles. The third kappa shape index (κ3) is 2.94. The first-order chi connectivity index (χ1) is 12.2. The minimum Gasteiger partial charge on any atom is -0.321 e. The van der Waals surface area contributed by atoms with Gasteiger partial charge in [0.2, 0.25) is 0 Å². The Kier molecular flexibility index (Phi) is 4.08. The van der Waals surface area contributed by atoms with Gasteiger partial charge in [-0.15, -0.1) is 11.3 Å². The van der Waals surface area contributed by atoms with E-state index >= 15 is 0 Å². The molecule has 1 amide bonds. The summed E-state index contributed by atoms with van der Waals surface area (Å²) in [5.74, 6) is -0.0536. The van der Waals surface area contributed by atoms with Crippen molar-refractivity contribution >= 4 is 33.0 Å². The van der Waals surface area contributed by atoms with Crippen molar-refractivity contribution in [1.82, 2.24) is 0 Å². The number of aryl methyl sites for hydroxylation is 1. The van der Waals surface area contributed by atoms with Crippen LogP contribution < -0.4 is 5.32 Å². The quantitative estimate of drug-likeness (QED) is 0.476. The lowest BCUT2D eigenvalue weighted by atomic mass is 10.0. The van der Waals surface area contributed by atoms with Gasteiger partial charge in [-0.3, -0.25) is 4.79 Å². The average molecular weight is 343 g/mol. The Hall–Kier alpha value is -2.91. The zero-order valence-electron chi connectivity index (χ0n) is 13.8. The monoisotopic (exact) mass is 343 g/mol. The molecule has 0 bridgehead atoms. The molecule has 2 nitrogen and oxygen atoms in total. The Morgan fingerprint density at radius 1 is 0.840 bits per heavy atom. The highest BCUT2D eigenvalue weighted by Gasteiger charge is 2.16. The van der Waals surface area contributed by atoms with E-state index in [4.69, 9.17) is 0 Å². The van der Waals surface area contributed by atoms with Crippen LogP contribution in [0.2, 0.25) is 0 Å². The zero-order chi connectivity index (χ0) is 17.2. The minimum absolute atomic E-state index is 0.0536. The second-order valence-corrected chi connectivity index (χ2v) is 6.97. The highest BCUT2D eigenvalue weighted by atomic mass is 32.1. The SMILES string of the molecule is Cc1c(C(=O)Nc2ccccc2-c2ccccc2)sc2ccccc12. The molecular weight excluding hydrogens is 326 g/mol. The van der Waals surface area contributed by atoms with Gasteiger partial charge in [0.1, 0.15) is 0 Å². The summed E-state index contributed by atoms with van der Waals surface area (Å²) in [6.45, 7) is 2.01. The average Bonchev–Trinajstić information content (AvgIpc) is 3.00. The molecule has 0 aliphatic rings. The lowest BCUT2D eigenvalue weighted by molar-refractivity contribution is 0.103. The molecule has 0 saturated heterocycles. The Bertz CT molecular complexity index is 1050. The van der Waals surface area contributed by atoms with Gasteiger partial charge in [-0.2, -0.15) is 0 Å². The predicted molar refractivity (Wildman–Crippen MR) is 106 cm³/mol. The van der Waals surface area contributed by atoms with Crippen LogP contribution in [-0.4, -0.2) is 5.91 Å². The Balaban J connectivity index is 1.71. The van der Waals surface area contributed by atoms with Crippen LogP contribution >= 0.6 is 11.3 Å². The molecule has 0 unspecified atom stereocenters. The standard InChI is InChI=1S/C22H17NOS/c1-15-17-11-6-8-14-20(17)25-21(15)22(24)23-19-13-7-5-12-18(19)16-9-3-2-4-10-16/h2-14H,1H3,(H,23,24). The molecule has 1 aromatic heterocycles. The summed E-state index contributed by atoms with van der Waals surface area (Å²) in [7, 11) is 0. The Morgan fingerprint density at radius 3 is 2.32 bits per heavy atom. The number of hydrogen-bond acceptors (Lipinski definition) is 2. The number of carbonyl (C=O) groups excluding carboxylic acids is 1. The number of amides is 1. The predicted octanol–water partition coefficient (Wildman–Crippen LogP) is 6.13. The van der Waals surface area contributed by atoms with Crippen molar-refractivity contribution in [3.8, 4) is 11.1 Å². The van der Waals surface area contributed by atoms with Crippen molar-refractivity contribution < 1.29 is 4.79 Å². The van der Waals surface area contributed by atoms with Gasteiger partial charge in [-0.25, -0.2) is 0 Å². The number of anilines is 1. The summed E-state index contributed by atoms with van der Waals surface area (Å²) >= 11 is 1.54. The maximum atomic E-state index is 12.9. The third-order valence-corrected chi connectivity index (χ3v) is 5.58. The molecule has 0 aliphatic carbocycles. The molecule has 1 heterocycles. The summed E-state index contributed by atoms with van der Waals surface area (Å²) < 4.78 is 1.14. The van der Waals surface area contributed by atoms with Crippen molar-refractivity contribution in [3.05, 3.63) is 89.3 Å². The first kappa shape index (κ1) is 15.6. The largest absolute Gasteiger partial charge is 0.321 e. The fourth-order valence-corrected chi connectivity index (χ4v) is 4.14. The van der Waals surface area contributed by atoms with Crippen LogP contribution in [-0.2, 0) is 0 Å². The normalized spacial score (nSPS) is 10.8. The number of para-hydroxylation sites is 1. The molecule has 0 atom stereocenters. The number of rotatable bonds is 3. The maximum Gasteiger partial charge on any atom is 0.266 e. The van der Waals surface area contributed by atoms with Gasteiger partial charge >= 0.3 is 0 Å². The second kappa shape index (κ2) is 6.54. The molecule has 3 aromatic carbocycles. The van der Waals surface area contributed by atoms with Gasteiger partial charge in [0.05, 0.1) is 4.88 Å². The van der Waals surface area contributed by atoms with E-state index in [0.29, 0.717) is 0 Å². The number of benzene rings is 3. The van der Waals surface area contributed by atoms with E-state index in [1.165, 1.54) is 0 Å². The maximum absolute atomic E-state index is 12.9. The van der Waals surface area contributed by atoms with Crippen molar-refractivity contribution in [2.75, 3.05) is 5.32 Å². The van der Waals surface area contributed by atoms with E-state index in [1.54, 1.807) is 11.3 Å². The highest BCUT2D eigenvalue weighted by molar-refractivity contribution is 7.21. The summed E-state index contributed by atoms with van der Waals surface area (Å²) in [6.07, 6.45) is 0. The van der Waals surface area contributed by atoms with Gasteiger partial charge in [-0.1, -0.05) is 66.7 Å². The molecular formula is C22H17NOS. The zero-order valence-corrected chi connectivity index (χ0v) is 14.6. The van der Waals surface area contributed by atoms with E-state index in [0.717, 1.165) is 37.3 Å². The van der Waals surface area contributed by atoms with Crippen molar-refractivity contribution in [3.63, 3.8) is 0 Å². The molecule has 25 heavy (non-hydrogen) atoms. The van der Waals surface area contributed by atoms with Crippen LogP contribution in [0.4, 0.5) is 5.69 Å². The van der Waals surface area contributed by atoms with Crippen LogP contribution in [0.25, 0.3) is 21.2 Å². The Morgan fingerprint density at radius 2 is 1.52 bits per heavy atom. The lowest BCUT2D eigenvalue weighted by Gasteiger charge is -2.11. The molecule has 3 heteroatoms. The number of carbonyl (C=O) groups is 1. The summed E-state index contributed by atoms with van der Waals surface area (Å²) in [4.78, 5) is 13.7. The van der Waals surface area contributed by atoms with Gasteiger partial charge < -0.3 is 5.32 Å². The molecule has 4 aromatic rings. The number of fused-ring (bicyclic) bond motifs is 1. The van der Waals surface area contributed by atoms with E-state index in [1.807, 2.05) is 61.5 Å². The fraction of sp³-hybridized carbons (Fsp3) is 0.0455. The van der Waals surface area contributed by atoms with Crippen molar-refractivity contribution in [2.24, 2.45) is 0 Å². The van der Waals surface area contributed by atoms with Gasteiger partial charge in [-0.05, 0) is 35.6 Å². The van der Waals surface area contributed by atoms with Crippen LogP contribution in [0.3, 0.4) is 0 Å². The third-order valence-electron chi connectivity index (χ3n) is 4.31. The Labute approximate surface area is 150 Å². The first-order valence-corrected chi connectivity index (χ1v) is 8.99. The number of hydrogen-bond donors (Lipinski definition) is 1. The smallest absolute Gasteiger partial charge is 0.266 e. The number of nitrogens with one attached hydrogen (secondary N) is 1. The van der Waals surface area contributed by atoms with Crippen LogP contribution in [0.1, 0.15) is 15.2 Å². The van der Waals surface area contributed by atoms with Crippen LogP contribution in [0.5, 0.6) is 0 Å². The highest BCUT2D eigenvalue weighted by Crippen LogP contribution is 2.32. The minimum atomic E-state index is -0.0536. The van der Waals surface area contributed by atoms with E-state index < -0.39 is 0 Å². The molecule has 0 spiro atoms. The molecule has 4 rings (SSSR count). The summed E-state index contributed by atoms with van der Waals surface area (Å²) in [6, 6.07) is 26.1. The fourth-order valence-electron chi connectivity index (χ4n) is 3.03. The van der Waals surface area contributed by atoms with Crippen LogP contribution in [0.15, 0.2) is 78.9 Å². The van der Waals surface area contributed by atoms with E-state index in [-0.39, 0.29) is 5.91 Å². The molecule has 0 aliphatic heterocycles. The van der Waals surface area contributed by atoms with Gasteiger partial charge in [0.15, 0.2) is 0 Å². The van der Waals surface area contributed by atoms with Crippen molar-refractivity contribution in [2.45, 2.75) is 6.92 Å². The summed E-state index contributed by atoms with van der Waals surface area (Å²) in [5, 5.41) is 4.25. The molecule has 0 fully saturated rings. The number of thiophene rings is 1. The summed E-state index contributed by atoms with van der Waals surface area (Å²) in [5.41, 5.74) is 3.98.